The standard InChI is InChI=1S/C13H20ClNO2/c1-4-16-9-10(3)15-11-6-7-13(17-5-2)12(14)8-11/h6-8,10,15H,4-5,9H2,1-3H3. The SMILES string of the molecule is CCOCC(C)Nc1ccc(OCC)c(Cl)c1. The van der Waals surface area contributed by atoms with Crippen molar-refractivity contribution in [3.8, 4) is 5.75 Å². The van der Waals surface area contributed by atoms with Gasteiger partial charge < -0.3 is 14.8 Å². The van der Waals surface area contributed by atoms with Gasteiger partial charge in [-0.15, -0.1) is 0 Å². The first-order valence-electron chi connectivity index (χ1n) is 5.94. The maximum absolute atomic E-state index is 6.10. The van der Waals surface area contributed by atoms with Gasteiger partial charge in [-0.25, -0.2) is 0 Å². The van der Waals surface area contributed by atoms with E-state index in [1.807, 2.05) is 32.0 Å². The van der Waals surface area contributed by atoms with Gasteiger partial charge in [-0.1, -0.05) is 11.6 Å². The number of hydrogen-bond donors (Lipinski definition) is 1. The van der Waals surface area contributed by atoms with Gasteiger partial charge in [0.1, 0.15) is 5.75 Å². The van der Waals surface area contributed by atoms with E-state index in [0.717, 1.165) is 18.0 Å². The molecule has 1 unspecified atom stereocenters. The quantitative estimate of drug-likeness (QED) is 0.810. The van der Waals surface area contributed by atoms with Crippen LogP contribution in [-0.2, 0) is 4.74 Å². The molecule has 1 aromatic rings. The third-order valence-corrected chi connectivity index (χ3v) is 2.51. The Morgan fingerprint density at radius 1 is 1.29 bits per heavy atom. The topological polar surface area (TPSA) is 30.5 Å². The van der Waals surface area contributed by atoms with E-state index in [9.17, 15) is 0 Å². The molecule has 1 N–H and O–H groups in total. The third kappa shape index (κ3) is 4.84. The molecular weight excluding hydrogens is 238 g/mol. The Morgan fingerprint density at radius 2 is 2.06 bits per heavy atom. The van der Waals surface area contributed by atoms with E-state index in [2.05, 4.69) is 12.2 Å². The molecule has 0 radical (unpaired) electrons. The molecule has 0 bridgehead atoms. The van der Waals surface area contributed by atoms with E-state index in [-0.39, 0.29) is 6.04 Å². The summed E-state index contributed by atoms with van der Waals surface area (Å²) in [4.78, 5) is 0. The summed E-state index contributed by atoms with van der Waals surface area (Å²) in [6.45, 7) is 8.03. The number of ether oxygens (including phenoxy) is 2. The molecule has 0 aromatic heterocycles. The first-order valence-corrected chi connectivity index (χ1v) is 6.31. The Labute approximate surface area is 108 Å². The molecule has 0 amide bonds. The van der Waals surface area contributed by atoms with Crippen LogP contribution in [-0.4, -0.2) is 25.9 Å². The van der Waals surface area contributed by atoms with Gasteiger partial charge in [0.05, 0.1) is 18.2 Å². The van der Waals surface area contributed by atoms with Crippen molar-refractivity contribution in [3.63, 3.8) is 0 Å². The fraction of sp³-hybridized carbons (Fsp3) is 0.538. The van der Waals surface area contributed by atoms with Crippen LogP contribution in [0.15, 0.2) is 18.2 Å². The first kappa shape index (κ1) is 14.1. The van der Waals surface area contributed by atoms with Crippen LogP contribution in [0.3, 0.4) is 0 Å². The first-order chi connectivity index (χ1) is 8.17. The summed E-state index contributed by atoms with van der Waals surface area (Å²) in [7, 11) is 0. The minimum Gasteiger partial charge on any atom is -0.492 e. The monoisotopic (exact) mass is 257 g/mol. The van der Waals surface area contributed by atoms with Crippen molar-refractivity contribution < 1.29 is 9.47 Å². The molecule has 0 saturated heterocycles. The molecule has 0 aliphatic carbocycles. The molecule has 1 atom stereocenters. The van der Waals surface area contributed by atoms with Gasteiger partial charge in [0.25, 0.3) is 0 Å². The van der Waals surface area contributed by atoms with Crippen LogP contribution >= 0.6 is 11.6 Å². The summed E-state index contributed by atoms with van der Waals surface area (Å²) in [5.41, 5.74) is 0.977. The molecule has 0 aliphatic heterocycles. The second kappa shape index (κ2) is 7.41. The van der Waals surface area contributed by atoms with Gasteiger partial charge in [-0.2, -0.15) is 0 Å². The molecule has 96 valence electrons. The number of benzene rings is 1. The van der Waals surface area contributed by atoms with E-state index in [4.69, 9.17) is 21.1 Å². The summed E-state index contributed by atoms with van der Waals surface area (Å²) in [5, 5.41) is 3.95. The Balaban J connectivity index is 2.57. The van der Waals surface area contributed by atoms with E-state index in [1.165, 1.54) is 0 Å². The Morgan fingerprint density at radius 3 is 2.65 bits per heavy atom. The molecule has 0 aliphatic rings. The van der Waals surface area contributed by atoms with Gasteiger partial charge in [-0.3, -0.25) is 0 Å². The van der Waals surface area contributed by atoms with Crippen LogP contribution in [0, 0.1) is 0 Å². The van der Waals surface area contributed by atoms with Gasteiger partial charge in [-0.05, 0) is 39.0 Å². The van der Waals surface area contributed by atoms with Crippen LogP contribution < -0.4 is 10.1 Å². The highest BCUT2D eigenvalue weighted by atomic mass is 35.5. The molecule has 0 spiro atoms. The zero-order chi connectivity index (χ0) is 12.7. The lowest BCUT2D eigenvalue weighted by Gasteiger charge is -2.16. The van der Waals surface area contributed by atoms with E-state index >= 15 is 0 Å². The Hall–Kier alpha value is -0.930. The summed E-state index contributed by atoms with van der Waals surface area (Å²) < 4.78 is 10.7. The minimum absolute atomic E-state index is 0.254. The number of anilines is 1. The van der Waals surface area contributed by atoms with Crippen molar-refractivity contribution in [3.05, 3.63) is 23.2 Å². The summed E-state index contributed by atoms with van der Waals surface area (Å²) in [5.74, 6) is 0.720. The molecular formula is C13H20ClNO2. The van der Waals surface area contributed by atoms with Crippen molar-refractivity contribution in [2.45, 2.75) is 26.8 Å². The lowest BCUT2D eigenvalue weighted by molar-refractivity contribution is 0.141. The average molecular weight is 258 g/mol. The lowest BCUT2D eigenvalue weighted by Crippen LogP contribution is -2.21. The van der Waals surface area contributed by atoms with Crippen molar-refractivity contribution in [1.82, 2.24) is 0 Å². The predicted molar refractivity (Wildman–Crippen MR) is 72.2 cm³/mol. The molecule has 4 heteroatoms. The predicted octanol–water partition coefficient (Wildman–Crippen LogP) is 3.58. The fourth-order valence-electron chi connectivity index (χ4n) is 1.48. The number of rotatable bonds is 7. The number of nitrogens with one attached hydrogen (secondary N) is 1. The highest BCUT2D eigenvalue weighted by molar-refractivity contribution is 6.32. The van der Waals surface area contributed by atoms with Crippen molar-refractivity contribution in [2.24, 2.45) is 0 Å². The molecule has 0 saturated carbocycles. The second-order valence-corrected chi connectivity index (χ2v) is 4.19. The van der Waals surface area contributed by atoms with E-state index in [1.54, 1.807) is 0 Å². The molecule has 1 rings (SSSR count). The van der Waals surface area contributed by atoms with Crippen molar-refractivity contribution in [2.75, 3.05) is 25.1 Å². The van der Waals surface area contributed by atoms with Gasteiger partial charge in [0, 0.05) is 18.3 Å². The van der Waals surface area contributed by atoms with E-state index in [0.29, 0.717) is 18.2 Å². The zero-order valence-corrected chi connectivity index (χ0v) is 11.4. The highest BCUT2D eigenvalue weighted by Gasteiger charge is 2.05. The van der Waals surface area contributed by atoms with Crippen LogP contribution in [0.2, 0.25) is 5.02 Å². The Bertz CT molecular complexity index is 344. The molecule has 1 aromatic carbocycles. The van der Waals surface area contributed by atoms with Crippen molar-refractivity contribution in [1.29, 1.82) is 0 Å². The van der Waals surface area contributed by atoms with Crippen LogP contribution in [0.1, 0.15) is 20.8 Å². The smallest absolute Gasteiger partial charge is 0.138 e. The van der Waals surface area contributed by atoms with Gasteiger partial charge in [0.2, 0.25) is 0 Å². The van der Waals surface area contributed by atoms with Gasteiger partial charge in [0.15, 0.2) is 0 Å². The fourth-order valence-corrected chi connectivity index (χ4v) is 1.72. The normalized spacial score (nSPS) is 12.2. The summed E-state index contributed by atoms with van der Waals surface area (Å²) in [6, 6.07) is 5.96. The van der Waals surface area contributed by atoms with Crippen LogP contribution in [0.25, 0.3) is 0 Å². The minimum atomic E-state index is 0.254. The maximum atomic E-state index is 6.10. The second-order valence-electron chi connectivity index (χ2n) is 3.78. The summed E-state index contributed by atoms with van der Waals surface area (Å²) in [6.07, 6.45) is 0. The molecule has 3 nitrogen and oxygen atoms in total. The largest absolute Gasteiger partial charge is 0.492 e. The Kier molecular flexibility index (Phi) is 6.16. The number of hydrogen-bond acceptors (Lipinski definition) is 3. The van der Waals surface area contributed by atoms with E-state index < -0.39 is 0 Å². The van der Waals surface area contributed by atoms with Crippen LogP contribution in [0.4, 0.5) is 5.69 Å². The van der Waals surface area contributed by atoms with Crippen molar-refractivity contribution >= 4 is 17.3 Å². The molecule has 0 fully saturated rings. The lowest BCUT2D eigenvalue weighted by atomic mass is 10.2. The molecule has 0 heterocycles. The van der Waals surface area contributed by atoms with Gasteiger partial charge >= 0.3 is 0 Å². The number of halogens is 1. The molecule has 17 heavy (non-hydrogen) atoms. The highest BCUT2D eigenvalue weighted by Crippen LogP contribution is 2.27. The third-order valence-electron chi connectivity index (χ3n) is 2.22. The van der Waals surface area contributed by atoms with Crippen LogP contribution in [0.5, 0.6) is 5.75 Å². The average Bonchev–Trinajstić information content (AvgIpc) is 2.30. The maximum Gasteiger partial charge on any atom is 0.138 e. The summed E-state index contributed by atoms with van der Waals surface area (Å²) >= 11 is 6.10. The zero-order valence-electron chi connectivity index (χ0n) is 10.6.